The number of hydrogen-bond acceptors (Lipinski definition) is 5. The highest BCUT2D eigenvalue weighted by molar-refractivity contribution is 9.10. The molecule has 0 saturated heterocycles. The maximum atomic E-state index is 13.5. The Labute approximate surface area is 164 Å². The number of benzene rings is 2. The molecule has 1 fully saturated rings. The summed E-state index contributed by atoms with van der Waals surface area (Å²) in [5.41, 5.74) is 0.522. The van der Waals surface area contributed by atoms with Crippen LogP contribution in [-0.2, 0) is 19.6 Å². The lowest BCUT2D eigenvalue weighted by atomic mass is 10.1. The van der Waals surface area contributed by atoms with Gasteiger partial charge < -0.3 is 4.74 Å². The second-order valence-corrected chi connectivity index (χ2v) is 10.5. The van der Waals surface area contributed by atoms with Crippen molar-refractivity contribution >= 4 is 49.4 Å². The number of nitrogens with zero attached hydrogens (tertiary/aromatic N) is 1. The Morgan fingerprint density at radius 1 is 1.19 bits per heavy atom. The van der Waals surface area contributed by atoms with Gasteiger partial charge in [-0.1, -0.05) is 28.1 Å². The number of thioether (sulfide) groups is 1. The van der Waals surface area contributed by atoms with E-state index in [1.165, 1.54) is 23.5 Å². The van der Waals surface area contributed by atoms with Crippen LogP contribution >= 0.6 is 27.7 Å². The third-order valence-corrected chi connectivity index (χ3v) is 8.61. The third kappa shape index (κ3) is 2.75. The maximum absolute atomic E-state index is 13.5. The molecule has 1 spiro atoms. The molecule has 1 aliphatic heterocycles. The van der Waals surface area contributed by atoms with Gasteiger partial charge in [0.15, 0.2) is 6.04 Å². The van der Waals surface area contributed by atoms with Gasteiger partial charge in [-0.05, 0) is 49.2 Å². The van der Waals surface area contributed by atoms with E-state index >= 15 is 0 Å². The largest absolute Gasteiger partial charge is 0.467 e. The van der Waals surface area contributed by atoms with E-state index in [-0.39, 0.29) is 4.90 Å². The number of para-hydroxylation sites is 1. The highest BCUT2D eigenvalue weighted by atomic mass is 79.9. The van der Waals surface area contributed by atoms with Gasteiger partial charge in [-0.2, -0.15) is 0 Å². The molecule has 2 aliphatic rings. The normalized spacial score (nSPS) is 20.5. The van der Waals surface area contributed by atoms with Gasteiger partial charge in [0.25, 0.3) is 10.0 Å². The van der Waals surface area contributed by atoms with Crippen LogP contribution in [0.4, 0.5) is 5.69 Å². The number of carbonyl (C=O) groups is 1. The first-order valence-electron chi connectivity index (χ1n) is 8.05. The van der Waals surface area contributed by atoms with E-state index in [2.05, 4.69) is 15.9 Å². The molecule has 1 unspecified atom stereocenters. The lowest BCUT2D eigenvalue weighted by Gasteiger charge is -2.40. The van der Waals surface area contributed by atoms with Gasteiger partial charge in [0, 0.05) is 9.37 Å². The lowest BCUT2D eigenvalue weighted by Crippen LogP contribution is -2.54. The fraction of sp³-hybridized carbons (Fsp3) is 0.278. The highest BCUT2D eigenvalue weighted by Gasteiger charge is 2.61. The number of rotatable bonds is 3. The van der Waals surface area contributed by atoms with Crippen molar-refractivity contribution in [2.45, 2.75) is 33.4 Å². The molecule has 1 aliphatic carbocycles. The topological polar surface area (TPSA) is 63.7 Å². The molecule has 8 heteroatoms. The Balaban J connectivity index is 1.92. The summed E-state index contributed by atoms with van der Waals surface area (Å²) < 4.78 is 33.6. The Morgan fingerprint density at radius 3 is 2.46 bits per heavy atom. The zero-order valence-corrected chi connectivity index (χ0v) is 17.1. The van der Waals surface area contributed by atoms with Crippen molar-refractivity contribution in [1.29, 1.82) is 0 Å². The predicted octanol–water partition coefficient (Wildman–Crippen LogP) is 3.82. The van der Waals surface area contributed by atoms with Gasteiger partial charge >= 0.3 is 5.97 Å². The van der Waals surface area contributed by atoms with Gasteiger partial charge in [0.05, 0.1) is 22.4 Å². The van der Waals surface area contributed by atoms with Crippen LogP contribution in [0.1, 0.15) is 12.8 Å². The predicted molar refractivity (Wildman–Crippen MR) is 104 cm³/mol. The summed E-state index contributed by atoms with van der Waals surface area (Å²) in [6.07, 6.45) is 1.55. The minimum absolute atomic E-state index is 0.145. The average Bonchev–Trinajstić information content (AvgIpc) is 3.39. The Kier molecular flexibility index (Phi) is 4.32. The molecule has 2 aromatic carbocycles. The van der Waals surface area contributed by atoms with E-state index in [0.29, 0.717) is 5.69 Å². The van der Waals surface area contributed by atoms with E-state index < -0.39 is 26.8 Å². The molecule has 5 nitrogen and oxygen atoms in total. The summed E-state index contributed by atoms with van der Waals surface area (Å²) in [6.45, 7) is 0. The molecule has 1 heterocycles. The van der Waals surface area contributed by atoms with Crippen molar-refractivity contribution in [2.24, 2.45) is 0 Å². The summed E-state index contributed by atoms with van der Waals surface area (Å²) in [5.74, 6) is -0.523. The van der Waals surface area contributed by atoms with Crippen molar-refractivity contribution in [2.75, 3.05) is 11.4 Å². The van der Waals surface area contributed by atoms with E-state index in [0.717, 1.165) is 22.2 Å². The molecule has 0 bridgehead atoms. The number of esters is 1. The summed E-state index contributed by atoms with van der Waals surface area (Å²) in [5, 5.41) is 0. The molecule has 0 aromatic heterocycles. The molecule has 0 amide bonds. The van der Waals surface area contributed by atoms with Crippen LogP contribution < -0.4 is 4.31 Å². The van der Waals surface area contributed by atoms with Crippen molar-refractivity contribution in [1.82, 2.24) is 0 Å². The smallest absolute Gasteiger partial charge is 0.331 e. The molecule has 1 atom stereocenters. The van der Waals surface area contributed by atoms with Crippen LogP contribution in [0.25, 0.3) is 0 Å². The summed E-state index contributed by atoms with van der Waals surface area (Å²) >= 11 is 4.90. The second kappa shape index (κ2) is 6.28. The van der Waals surface area contributed by atoms with Crippen molar-refractivity contribution in [3.8, 4) is 0 Å². The molecule has 1 saturated carbocycles. The Morgan fingerprint density at radius 2 is 1.85 bits per heavy atom. The number of hydrogen-bond donors (Lipinski definition) is 0. The fourth-order valence-corrected chi connectivity index (χ4v) is 6.82. The van der Waals surface area contributed by atoms with E-state index in [9.17, 15) is 13.2 Å². The first-order valence-corrected chi connectivity index (χ1v) is 11.1. The van der Waals surface area contributed by atoms with Crippen LogP contribution in [0.2, 0.25) is 0 Å². The van der Waals surface area contributed by atoms with Gasteiger partial charge in [-0.25, -0.2) is 17.5 Å². The summed E-state index contributed by atoms with van der Waals surface area (Å²) in [4.78, 5) is 13.6. The number of methoxy groups -OCH3 is 1. The standard InChI is InChI=1S/C18H16BrNO4S2/c1-24-17(21)16-18(10-11-18)25-15-5-3-2-4-14(15)20(16)26(22,23)13-8-6-12(19)7-9-13/h2-9,16H,10-11H2,1H3. The molecule has 4 rings (SSSR count). The Hall–Kier alpha value is -1.51. The number of ether oxygens (including phenoxy) is 1. The van der Waals surface area contributed by atoms with Crippen LogP contribution in [0.3, 0.4) is 0 Å². The summed E-state index contributed by atoms with van der Waals surface area (Å²) in [7, 11) is -2.63. The van der Waals surface area contributed by atoms with E-state index in [4.69, 9.17) is 4.74 Å². The van der Waals surface area contributed by atoms with Crippen LogP contribution in [0, 0.1) is 0 Å². The Bertz CT molecular complexity index is 971. The number of anilines is 1. The number of fused-ring (bicyclic) bond motifs is 1. The van der Waals surface area contributed by atoms with Crippen molar-refractivity contribution in [3.63, 3.8) is 0 Å². The first kappa shape index (κ1) is 17.9. The van der Waals surface area contributed by atoms with Crippen LogP contribution in [0.15, 0.2) is 62.8 Å². The summed E-state index contributed by atoms with van der Waals surface area (Å²) in [6, 6.07) is 12.9. The SMILES string of the molecule is COC(=O)C1N(S(=O)(=O)c2ccc(Br)cc2)c2ccccc2SC12CC2. The third-order valence-electron chi connectivity index (χ3n) is 4.69. The van der Waals surface area contributed by atoms with Gasteiger partial charge in [-0.15, -0.1) is 11.8 Å². The van der Waals surface area contributed by atoms with Crippen LogP contribution in [0.5, 0.6) is 0 Å². The minimum atomic E-state index is -3.93. The molecule has 136 valence electrons. The maximum Gasteiger partial charge on any atom is 0.331 e. The monoisotopic (exact) mass is 453 g/mol. The quantitative estimate of drug-likeness (QED) is 0.660. The second-order valence-electron chi connectivity index (χ2n) is 6.32. The van der Waals surface area contributed by atoms with Crippen LogP contribution in [-0.4, -0.2) is 32.3 Å². The van der Waals surface area contributed by atoms with Gasteiger partial charge in [-0.3, -0.25) is 0 Å². The van der Waals surface area contributed by atoms with Gasteiger partial charge in [0.1, 0.15) is 0 Å². The zero-order valence-electron chi connectivity index (χ0n) is 13.9. The fourth-order valence-electron chi connectivity index (χ4n) is 3.26. The minimum Gasteiger partial charge on any atom is -0.467 e. The molecular weight excluding hydrogens is 438 g/mol. The average molecular weight is 454 g/mol. The number of halogens is 1. The van der Waals surface area contributed by atoms with Crippen molar-refractivity contribution in [3.05, 3.63) is 53.0 Å². The van der Waals surface area contributed by atoms with Crippen molar-refractivity contribution < 1.29 is 17.9 Å². The zero-order chi connectivity index (χ0) is 18.5. The highest BCUT2D eigenvalue weighted by Crippen LogP contribution is 2.61. The molecule has 0 N–H and O–H groups in total. The molecule has 2 aromatic rings. The van der Waals surface area contributed by atoms with E-state index in [1.807, 2.05) is 12.1 Å². The van der Waals surface area contributed by atoms with E-state index in [1.54, 1.807) is 36.0 Å². The van der Waals surface area contributed by atoms with Gasteiger partial charge in [0.2, 0.25) is 0 Å². The first-order chi connectivity index (χ1) is 12.4. The number of carbonyl (C=O) groups excluding carboxylic acids is 1. The molecular formula is C18H16BrNO4S2. The molecule has 0 radical (unpaired) electrons. The number of sulfonamides is 1. The molecule has 26 heavy (non-hydrogen) atoms. The lowest BCUT2D eigenvalue weighted by molar-refractivity contribution is -0.142.